The highest BCUT2D eigenvalue weighted by Gasteiger charge is 2.25. The molecule has 0 amide bonds. The van der Waals surface area contributed by atoms with Crippen molar-refractivity contribution in [3.63, 3.8) is 0 Å². The first-order valence-corrected chi connectivity index (χ1v) is 6.63. The van der Waals surface area contributed by atoms with Crippen LogP contribution in [0.1, 0.15) is 48.0 Å². The van der Waals surface area contributed by atoms with E-state index in [1.54, 1.807) is 0 Å². The quantitative estimate of drug-likeness (QED) is 0.911. The van der Waals surface area contributed by atoms with Crippen LogP contribution < -0.4 is 0 Å². The van der Waals surface area contributed by atoms with E-state index in [2.05, 4.69) is 4.98 Å². The number of aliphatic hydroxyl groups is 1. The zero-order chi connectivity index (χ0) is 13.2. The first kappa shape index (κ1) is 12.3. The maximum absolute atomic E-state index is 13.7. The van der Waals surface area contributed by atoms with Gasteiger partial charge in [-0.1, -0.05) is 30.7 Å². The Morgan fingerprint density at radius 1 is 1.16 bits per heavy atom. The monoisotopic (exact) mass is 257 g/mol. The van der Waals surface area contributed by atoms with Gasteiger partial charge in [0, 0.05) is 11.8 Å². The minimum atomic E-state index is -0.917. The van der Waals surface area contributed by atoms with Crippen LogP contribution in [-0.2, 0) is 0 Å². The number of aromatic nitrogens is 1. The molecule has 3 rings (SSSR count). The standard InChI is InChI=1S/C16H16FNO/c17-15-10-18-9-8-14(15)16(19)13-7-2-1-6-12(13)11-4-3-5-11/h1-2,6-11,16,19H,3-5H2. The third-order valence-corrected chi connectivity index (χ3v) is 3.93. The van der Waals surface area contributed by atoms with Gasteiger partial charge in [0.05, 0.1) is 6.20 Å². The first-order valence-electron chi connectivity index (χ1n) is 6.63. The molecule has 1 aromatic carbocycles. The van der Waals surface area contributed by atoms with E-state index in [0.29, 0.717) is 11.5 Å². The van der Waals surface area contributed by atoms with Crippen molar-refractivity contribution in [2.24, 2.45) is 0 Å². The first-order chi connectivity index (χ1) is 9.27. The predicted molar refractivity (Wildman–Crippen MR) is 71.3 cm³/mol. The highest BCUT2D eigenvalue weighted by atomic mass is 19.1. The van der Waals surface area contributed by atoms with Crippen molar-refractivity contribution >= 4 is 0 Å². The number of benzene rings is 1. The van der Waals surface area contributed by atoms with Crippen molar-refractivity contribution in [2.45, 2.75) is 31.3 Å². The van der Waals surface area contributed by atoms with Crippen LogP contribution in [0.4, 0.5) is 4.39 Å². The minimum Gasteiger partial charge on any atom is -0.384 e. The maximum Gasteiger partial charge on any atom is 0.147 e. The molecule has 1 unspecified atom stereocenters. The molecule has 1 fully saturated rings. The minimum absolute atomic E-state index is 0.293. The fourth-order valence-corrected chi connectivity index (χ4v) is 2.63. The molecule has 0 radical (unpaired) electrons. The lowest BCUT2D eigenvalue weighted by Gasteiger charge is -2.29. The highest BCUT2D eigenvalue weighted by Crippen LogP contribution is 2.40. The summed E-state index contributed by atoms with van der Waals surface area (Å²) >= 11 is 0. The zero-order valence-corrected chi connectivity index (χ0v) is 10.6. The van der Waals surface area contributed by atoms with Gasteiger partial charge in [-0.15, -0.1) is 0 Å². The molecule has 1 aliphatic rings. The van der Waals surface area contributed by atoms with Crippen molar-refractivity contribution in [1.29, 1.82) is 0 Å². The van der Waals surface area contributed by atoms with Gasteiger partial charge in [-0.2, -0.15) is 0 Å². The average Bonchev–Trinajstić information content (AvgIpc) is 2.37. The fourth-order valence-electron chi connectivity index (χ4n) is 2.63. The van der Waals surface area contributed by atoms with Crippen LogP contribution in [0.2, 0.25) is 0 Å². The molecule has 1 aliphatic carbocycles. The lowest BCUT2D eigenvalue weighted by atomic mass is 9.77. The molecule has 0 aliphatic heterocycles. The molecule has 19 heavy (non-hydrogen) atoms. The lowest BCUT2D eigenvalue weighted by Crippen LogP contribution is -2.14. The van der Waals surface area contributed by atoms with Crippen molar-refractivity contribution in [3.05, 3.63) is 65.2 Å². The van der Waals surface area contributed by atoms with Crippen molar-refractivity contribution < 1.29 is 9.50 Å². The third kappa shape index (κ3) is 2.26. The number of hydrogen-bond acceptors (Lipinski definition) is 2. The van der Waals surface area contributed by atoms with Gasteiger partial charge in [-0.3, -0.25) is 4.98 Å². The average molecular weight is 257 g/mol. The number of halogens is 1. The molecule has 0 saturated heterocycles. The molecule has 2 aromatic rings. The Morgan fingerprint density at radius 3 is 2.63 bits per heavy atom. The second-order valence-corrected chi connectivity index (χ2v) is 5.06. The number of aliphatic hydroxyl groups excluding tert-OH is 1. The molecule has 2 nitrogen and oxygen atoms in total. The Bertz CT molecular complexity index is 580. The molecule has 1 N–H and O–H groups in total. The summed E-state index contributed by atoms with van der Waals surface area (Å²) in [4.78, 5) is 3.72. The van der Waals surface area contributed by atoms with Gasteiger partial charge in [-0.05, 0) is 36.0 Å². The Hall–Kier alpha value is -1.74. The van der Waals surface area contributed by atoms with Crippen LogP contribution in [0.3, 0.4) is 0 Å². The van der Waals surface area contributed by atoms with Gasteiger partial charge in [0.1, 0.15) is 11.9 Å². The predicted octanol–water partition coefficient (Wildman–Crippen LogP) is 3.57. The summed E-state index contributed by atoms with van der Waals surface area (Å²) in [5.41, 5.74) is 2.26. The van der Waals surface area contributed by atoms with Crippen LogP contribution in [0, 0.1) is 5.82 Å². The van der Waals surface area contributed by atoms with Crippen LogP contribution in [0.5, 0.6) is 0 Å². The third-order valence-electron chi connectivity index (χ3n) is 3.93. The summed E-state index contributed by atoms with van der Waals surface area (Å²) in [6.45, 7) is 0. The number of rotatable bonds is 3. The smallest absolute Gasteiger partial charge is 0.147 e. The van der Waals surface area contributed by atoms with E-state index in [4.69, 9.17) is 0 Å². The molecular formula is C16H16FNO. The van der Waals surface area contributed by atoms with E-state index >= 15 is 0 Å². The van der Waals surface area contributed by atoms with Crippen molar-refractivity contribution in [1.82, 2.24) is 4.98 Å². The van der Waals surface area contributed by atoms with Gasteiger partial charge in [0.15, 0.2) is 0 Å². The summed E-state index contributed by atoms with van der Waals surface area (Å²) in [5.74, 6) is 0.0501. The van der Waals surface area contributed by atoms with Gasteiger partial charge >= 0.3 is 0 Å². The molecule has 0 spiro atoms. The van der Waals surface area contributed by atoms with Crippen molar-refractivity contribution in [2.75, 3.05) is 0 Å². The zero-order valence-electron chi connectivity index (χ0n) is 10.6. The Morgan fingerprint density at radius 2 is 1.95 bits per heavy atom. The van der Waals surface area contributed by atoms with E-state index in [1.807, 2.05) is 24.3 Å². The molecule has 1 heterocycles. The van der Waals surface area contributed by atoms with Gasteiger partial charge < -0.3 is 5.11 Å². The maximum atomic E-state index is 13.7. The second-order valence-electron chi connectivity index (χ2n) is 5.06. The van der Waals surface area contributed by atoms with E-state index < -0.39 is 11.9 Å². The number of pyridine rings is 1. The molecule has 98 valence electrons. The SMILES string of the molecule is OC(c1ccncc1F)c1ccccc1C1CCC1. The summed E-state index contributed by atoms with van der Waals surface area (Å²) in [6.07, 6.45) is 5.28. The number of nitrogens with zero attached hydrogens (tertiary/aromatic N) is 1. The fraction of sp³-hybridized carbons (Fsp3) is 0.312. The molecule has 0 bridgehead atoms. The molecule has 1 saturated carbocycles. The summed E-state index contributed by atoms with van der Waals surface area (Å²) in [5, 5.41) is 10.5. The van der Waals surface area contributed by atoms with Crippen LogP contribution >= 0.6 is 0 Å². The molecular weight excluding hydrogens is 241 g/mol. The summed E-state index contributed by atoms with van der Waals surface area (Å²) in [6, 6.07) is 9.34. The lowest BCUT2D eigenvalue weighted by molar-refractivity contribution is 0.211. The Balaban J connectivity index is 2.00. The van der Waals surface area contributed by atoms with Crippen LogP contribution in [0.25, 0.3) is 0 Å². The Kier molecular flexibility index (Phi) is 3.30. The van der Waals surface area contributed by atoms with Gasteiger partial charge in [0.2, 0.25) is 0 Å². The topological polar surface area (TPSA) is 33.1 Å². The summed E-state index contributed by atoms with van der Waals surface area (Å²) < 4.78 is 13.7. The van der Waals surface area contributed by atoms with E-state index in [-0.39, 0.29) is 0 Å². The normalized spacial score (nSPS) is 16.9. The Labute approximate surface area is 111 Å². The molecule has 1 aromatic heterocycles. The molecule has 3 heteroatoms. The van der Waals surface area contributed by atoms with Crippen molar-refractivity contribution in [3.8, 4) is 0 Å². The largest absolute Gasteiger partial charge is 0.384 e. The van der Waals surface area contributed by atoms with Crippen LogP contribution in [0.15, 0.2) is 42.7 Å². The van der Waals surface area contributed by atoms with E-state index in [9.17, 15) is 9.50 Å². The van der Waals surface area contributed by atoms with E-state index in [0.717, 1.165) is 30.2 Å². The van der Waals surface area contributed by atoms with Crippen LogP contribution in [-0.4, -0.2) is 10.1 Å². The second kappa shape index (κ2) is 5.10. The number of hydrogen-bond donors (Lipinski definition) is 1. The van der Waals surface area contributed by atoms with Gasteiger partial charge in [0.25, 0.3) is 0 Å². The van der Waals surface area contributed by atoms with E-state index in [1.165, 1.54) is 18.7 Å². The molecule has 1 atom stereocenters. The summed E-state index contributed by atoms with van der Waals surface area (Å²) in [7, 11) is 0. The highest BCUT2D eigenvalue weighted by molar-refractivity contribution is 5.38. The van der Waals surface area contributed by atoms with Gasteiger partial charge in [-0.25, -0.2) is 4.39 Å².